The van der Waals surface area contributed by atoms with Crippen molar-refractivity contribution >= 4 is 38.6 Å². The van der Waals surface area contributed by atoms with Gasteiger partial charge in [0.1, 0.15) is 4.21 Å². The standard InChI is InChI=1S/C26H28N4O5S2/c31-26(20-5-2-6-23(16-20)30(32)33)27-17-24-9-10-25(36-24)37(34,35)29-13-11-21(12-14-29)28-22-8-7-18-3-1-4-19(18)15-22/h2,5-10,15-16,21,28H,1,3-4,11-14,17H2,(H,27,31). The van der Waals surface area contributed by atoms with Crippen LogP contribution in [-0.4, -0.2) is 42.7 Å². The number of thiophene rings is 1. The lowest BCUT2D eigenvalue weighted by Gasteiger charge is -2.32. The van der Waals surface area contributed by atoms with E-state index in [2.05, 4.69) is 28.8 Å². The fourth-order valence-corrected chi connectivity index (χ4v) is 7.81. The van der Waals surface area contributed by atoms with Crippen LogP contribution in [0.1, 0.15) is 45.6 Å². The molecule has 2 aromatic carbocycles. The summed E-state index contributed by atoms with van der Waals surface area (Å²) >= 11 is 1.13. The summed E-state index contributed by atoms with van der Waals surface area (Å²) < 4.78 is 28.2. The molecule has 194 valence electrons. The Morgan fingerprint density at radius 3 is 2.62 bits per heavy atom. The predicted octanol–water partition coefficient (Wildman–Crippen LogP) is 4.34. The van der Waals surface area contributed by atoms with Crippen molar-refractivity contribution < 1.29 is 18.1 Å². The van der Waals surface area contributed by atoms with E-state index >= 15 is 0 Å². The number of anilines is 1. The number of nitrogens with zero attached hydrogens (tertiary/aromatic N) is 2. The highest BCUT2D eigenvalue weighted by atomic mass is 32.2. The largest absolute Gasteiger partial charge is 0.382 e. The lowest BCUT2D eigenvalue weighted by Crippen LogP contribution is -2.42. The van der Waals surface area contributed by atoms with Gasteiger partial charge in [0.2, 0.25) is 0 Å². The molecule has 1 aromatic heterocycles. The van der Waals surface area contributed by atoms with Gasteiger partial charge in [-0.3, -0.25) is 14.9 Å². The van der Waals surface area contributed by atoms with Crippen LogP contribution in [0, 0.1) is 10.1 Å². The average molecular weight is 541 g/mol. The Bertz CT molecular complexity index is 1430. The molecule has 0 bridgehead atoms. The number of nitrogens with one attached hydrogen (secondary N) is 2. The highest BCUT2D eigenvalue weighted by Crippen LogP contribution is 2.29. The van der Waals surface area contributed by atoms with Gasteiger partial charge < -0.3 is 10.6 Å². The molecule has 1 saturated heterocycles. The highest BCUT2D eigenvalue weighted by Gasteiger charge is 2.30. The number of carbonyl (C=O) groups excluding carboxylic acids is 1. The van der Waals surface area contributed by atoms with Gasteiger partial charge >= 0.3 is 0 Å². The van der Waals surface area contributed by atoms with E-state index in [9.17, 15) is 23.3 Å². The number of carbonyl (C=O) groups is 1. The maximum absolute atomic E-state index is 13.2. The number of rotatable bonds is 8. The fourth-order valence-electron chi connectivity index (χ4n) is 4.89. The number of piperidine rings is 1. The number of nitro groups is 1. The Morgan fingerprint density at radius 1 is 1.05 bits per heavy atom. The van der Waals surface area contributed by atoms with E-state index in [-0.39, 0.29) is 28.0 Å². The van der Waals surface area contributed by atoms with Crippen molar-refractivity contribution in [1.82, 2.24) is 9.62 Å². The Morgan fingerprint density at radius 2 is 1.84 bits per heavy atom. The molecule has 9 nitrogen and oxygen atoms in total. The molecule has 0 saturated carbocycles. The van der Waals surface area contributed by atoms with E-state index in [0.717, 1.165) is 42.7 Å². The summed E-state index contributed by atoms with van der Waals surface area (Å²) in [6.07, 6.45) is 4.95. The molecule has 2 aliphatic rings. The third-order valence-electron chi connectivity index (χ3n) is 6.90. The monoisotopic (exact) mass is 540 g/mol. The number of non-ortho nitro benzene ring substituents is 1. The highest BCUT2D eigenvalue weighted by molar-refractivity contribution is 7.91. The molecule has 0 spiro atoms. The molecule has 2 N–H and O–H groups in total. The minimum absolute atomic E-state index is 0.133. The summed E-state index contributed by atoms with van der Waals surface area (Å²) in [6, 6.07) is 15.5. The van der Waals surface area contributed by atoms with Crippen LogP contribution in [-0.2, 0) is 29.4 Å². The molecular formula is C26H28N4O5S2. The van der Waals surface area contributed by atoms with Crippen LogP contribution >= 0.6 is 11.3 Å². The SMILES string of the molecule is O=C(NCc1ccc(S(=O)(=O)N2CCC(Nc3ccc4c(c3)CCC4)CC2)s1)c1cccc([N+](=O)[O-])c1. The second kappa shape index (κ2) is 10.6. The van der Waals surface area contributed by atoms with E-state index in [4.69, 9.17) is 0 Å². The van der Waals surface area contributed by atoms with E-state index in [0.29, 0.717) is 18.0 Å². The normalized spacial score (nSPS) is 16.3. The fraction of sp³-hybridized carbons (Fsp3) is 0.346. The number of nitro benzene ring substituents is 1. The summed E-state index contributed by atoms with van der Waals surface area (Å²) in [5, 5.41) is 17.2. The van der Waals surface area contributed by atoms with Crippen molar-refractivity contribution in [3.8, 4) is 0 Å². The van der Waals surface area contributed by atoms with Gasteiger partial charge in [-0.05, 0) is 73.6 Å². The maximum atomic E-state index is 13.2. The summed E-state index contributed by atoms with van der Waals surface area (Å²) in [5.41, 5.74) is 3.97. The van der Waals surface area contributed by atoms with Crippen LogP contribution in [0.3, 0.4) is 0 Å². The van der Waals surface area contributed by atoms with Crippen LogP contribution < -0.4 is 10.6 Å². The third-order valence-corrected chi connectivity index (χ3v) is 10.3. The zero-order chi connectivity index (χ0) is 26.0. The minimum Gasteiger partial charge on any atom is -0.382 e. The second-order valence-electron chi connectivity index (χ2n) is 9.37. The number of hydrogen-bond acceptors (Lipinski definition) is 7. The number of benzene rings is 2. The molecule has 1 aliphatic carbocycles. The van der Waals surface area contributed by atoms with Crippen molar-refractivity contribution in [2.45, 2.75) is 48.9 Å². The van der Waals surface area contributed by atoms with Gasteiger partial charge in [-0.25, -0.2) is 8.42 Å². The molecule has 37 heavy (non-hydrogen) atoms. The van der Waals surface area contributed by atoms with Crippen LogP contribution in [0.25, 0.3) is 0 Å². The molecule has 1 amide bonds. The number of hydrogen-bond donors (Lipinski definition) is 2. The van der Waals surface area contributed by atoms with Gasteiger partial charge in [0.15, 0.2) is 0 Å². The lowest BCUT2D eigenvalue weighted by molar-refractivity contribution is -0.384. The van der Waals surface area contributed by atoms with Crippen molar-refractivity contribution in [2.24, 2.45) is 0 Å². The molecule has 1 fully saturated rings. The number of sulfonamides is 1. The summed E-state index contributed by atoms with van der Waals surface area (Å²) in [4.78, 5) is 23.5. The first-order valence-corrected chi connectivity index (χ1v) is 14.5. The molecule has 11 heteroatoms. The summed E-state index contributed by atoms with van der Waals surface area (Å²) in [6.45, 7) is 1.03. The maximum Gasteiger partial charge on any atom is 0.270 e. The second-order valence-corrected chi connectivity index (χ2v) is 12.7. The number of fused-ring (bicyclic) bond motifs is 1. The van der Waals surface area contributed by atoms with Gasteiger partial charge in [-0.15, -0.1) is 11.3 Å². The zero-order valence-corrected chi connectivity index (χ0v) is 21.8. The van der Waals surface area contributed by atoms with Gasteiger partial charge in [0, 0.05) is 47.4 Å². The lowest BCUT2D eigenvalue weighted by atomic mass is 10.0. The van der Waals surface area contributed by atoms with Gasteiger partial charge in [0.05, 0.1) is 11.5 Å². The van der Waals surface area contributed by atoms with Crippen molar-refractivity contribution in [1.29, 1.82) is 0 Å². The average Bonchev–Trinajstić information content (AvgIpc) is 3.57. The van der Waals surface area contributed by atoms with Crippen LogP contribution in [0.4, 0.5) is 11.4 Å². The smallest absolute Gasteiger partial charge is 0.270 e. The Hall–Kier alpha value is -3.28. The molecule has 0 unspecified atom stereocenters. The first-order valence-electron chi connectivity index (χ1n) is 12.3. The van der Waals surface area contributed by atoms with Gasteiger partial charge in [-0.2, -0.15) is 4.31 Å². The van der Waals surface area contributed by atoms with E-state index in [1.807, 2.05) is 0 Å². The van der Waals surface area contributed by atoms with E-state index in [1.165, 1.54) is 46.1 Å². The van der Waals surface area contributed by atoms with Crippen LogP contribution in [0.2, 0.25) is 0 Å². The molecule has 2 heterocycles. The molecule has 0 radical (unpaired) electrons. The van der Waals surface area contributed by atoms with Crippen molar-refractivity contribution in [3.63, 3.8) is 0 Å². The summed E-state index contributed by atoms with van der Waals surface area (Å²) in [5.74, 6) is -0.459. The van der Waals surface area contributed by atoms with Crippen molar-refractivity contribution in [3.05, 3.63) is 86.3 Å². The summed E-state index contributed by atoms with van der Waals surface area (Å²) in [7, 11) is -3.61. The predicted molar refractivity (Wildman–Crippen MR) is 142 cm³/mol. The molecule has 1 aliphatic heterocycles. The van der Waals surface area contributed by atoms with E-state index < -0.39 is 20.9 Å². The zero-order valence-electron chi connectivity index (χ0n) is 20.2. The molecular weight excluding hydrogens is 512 g/mol. The number of amides is 1. The third kappa shape index (κ3) is 5.68. The first-order chi connectivity index (χ1) is 17.8. The number of aryl methyl sites for hydroxylation is 2. The Labute approximate surface area is 219 Å². The van der Waals surface area contributed by atoms with Gasteiger partial charge in [-0.1, -0.05) is 12.1 Å². The quantitative estimate of drug-likeness (QED) is 0.324. The van der Waals surface area contributed by atoms with Gasteiger partial charge in [0.25, 0.3) is 21.6 Å². The van der Waals surface area contributed by atoms with E-state index in [1.54, 1.807) is 12.1 Å². The van der Waals surface area contributed by atoms with Crippen LogP contribution in [0.5, 0.6) is 0 Å². The molecule has 0 atom stereocenters. The Balaban J connectivity index is 1.15. The topological polar surface area (TPSA) is 122 Å². The Kier molecular flexibility index (Phi) is 7.27. The van der Waals surface area contributed by atoms with Crippen LogP contribution in [0.15, 0.2) is 58.8 Å². The first kappa shape index (κ1) is 25.4. The minimum atomic E-state index is -3.61. The molecule has 5 rings (SSSR count). The van der Waals surface area contributed by atoms with Crippen molar-refractivity contribution in [2.75, 3.05) is 18.4 Å². The molecule has 3 aromatic rings.